The molecule has 32 heavy (non-hydrogen) atoms. The van der Waals surface area contributed by atoms with Gasteiger partial charge in [-0.05, 0) is 39.7 Å². The number of pyridine rings is 2. The number of esters is 2. The first-order valence-corrected chi connectivity index (χ1v) is 10.2. The molecule has 1 fully saturated rings. The maximum absolute atomic E-state index is 15.1. The summed E-state index contributed by atoms with van der Waals surface area (Å²) in [5.74, 6) is -5.20. The summed E-state index contributed by atoms with van der Waals surface area (Å²) in [6, 6.07) is 0.791. The van der Waals surface area contributed by atoms with E-state index in [0.29, 0.717) is 0 Å². The van der Waals surface area contributed by atoms with Crippen LogP contribution in [0.5, 0.6) is 5.75 Å². The van der Waals surface area contributed by atoms with Gasteiger partial charge in [0.1, 0.15) is 17.2 Å². The van der Waals surface area contributed by atoms with Gasteiger partial charge < -0.3 is 23.5 Å². The van der Waals surface area contributed by atoms with Gasteiger partial charge in [-0.15, -0.1) is 0 Å². The highest BCUT2D eigenvalue weighted by Crippen LogP contribution is 2.38. The summed E-state index contributed by atoms with van der Waals surface area (Å²) in [6.45, 7) is 4.64. The average molecular weight is 450 g/mol. The zero-order valence-electron chi connectivity index (χ0n) is 17.9. The highest BCUT2D eigenvalue weighted by atomic mass is 19.1. The van der Waals surface area contributed by atoms with Crippen LogP contribution in [0.1, 0.15) is 51.3 Å². The Kier molecular flexibility index (Phi) is 7.06. The van der Waals surface area contributed by atoms with Gasteiger partial charge in [0.15, 0.2) is 11.7 Å². The number of rotatable bonds is 8. The number of carbonyl (C=O) groups is 3. The SMILES string of the molecule is CCOC(=O)Oc1cn(C2CC2)c2nc(C(C(=O)OCC)C(=O)OCC)c(F)cc2c1=O. The molecule has 0 atom stereocenters. The standard InChI is InChI=1S/C21H23FN2O8/c1-4-29-19(26)15(20(27)30-5-2)16-13(22)9-12-17(25)14(32-21(28)31-6-3)10-24(11-7-8-11)18(12)23-16/h9-11,15H,4-8H2,1-3H3. The van der Waals surface area contributed by atoms with Crippen molar-refractivity contribution in [2.75, 3.05) is 19.8 Å². The van der Waals surface area contributed by atoms with Crippen molar-refractivity contribution in [3.8, 4) is 5.75 Å². The van der Waals surface area contributed by atoms with Crippen molar-refractivity contribution in [3.63, 3.8) is 0 Å². The summed E-state index contributed by atoms with van der Waals surface area (Å²) in [7, 11) is 0. The van der Waals surface area contributed by atoms with E-state index in [1.807, 2.05) is 0 Å². The summed E-state index contributed by atoms with van der Waals surface area (Å²) in [5, 5.41) is -0.175. The maximum atomic E-state index is 15.1. The van der Waals surface area contributed by atoms with E-state index in [4.69, 9.17) is 18.9 Å². The van der Waals surface area contributed by atoms with Gasteiger partial charge in [-0.25, -0.2) is 14.2 Å². The van der Waals surface area contributed by atoms with E-state index < -0.39 is 41.0 Å². The second kappa shape index (κ2) is 9.75. The molecule has 2 heterocycles. The first-order valence-electron chi connectivity index (χ1n) is 10.2. The summed E-state index contributed by atoms with van der Waals surface area (Å²) in [5.41, 5.74) is -1.25. The Morgan fingerprint density at radius 3 is 2.22 bits per heavy atom. The number of aromatic nitrogens is 2. The van der Waals surface area contributed by atoms with E-state index in [-0.39, 0.29) is 42.6 Å². The molecule has 0 aliphatic heterocycles. The number of carbonyl (C=O) groups excluding carboxylic acids is 3. The lowest BCUT2D eigenvalue weighted by Gasteiger charge is -2.17. The number of hydrogen-bond donors (Lipinski definition) is 0. The van der Waals surface area contributed by atoms with Gasteiger partial charge in [0.25, 0.3) is 0 Å². The third-order valence-corrected chi connectivity index (χ3v) is 4.67. The summed E-state index contributed by atoms with van der Waals surface area (Å²) >= 11 is 0. The van der Waals surface area contributed by atoms with Crippen LogP contribution in [0.2, 0.25) is 0 Å². The smallest absolute Gasteiger partial charge is 0.465 e. The highest BCUT2D eigenvalue weighted by molar-refractivity contribution is 6.00. The first kappa shape index (κ1) is 23.2. The number of ether oxygens (including phenoxy) is 4. The molecule has 3 rings (SSSR count). The Morgan fingerprint density at radius 1 is 1.09 bits per heavy atom. The summed E-state index contributed by atoms with van der Waals surface area (Å²) in [6.07, 6.45) is 1.73. The zero-order chi connectivity index (χ0) is 23.4. The highest BCUT2D eigenvalue weighted by Gasteiger charge is 2.37. The first-order chi connectivity index (χ1) is 15.3. The van der Waals surface area contributed by atoms with Gasteiger partial charge in [0.05, 0.1) is 31.4 Å². The molecule has 0 aromatic carbocycles. The third-order valence-electron chi connectivity index (χ3n) is 4.67. The minimum Gasteiger partial charge on any atom is -0.465 e. The Labute approximate surface area is 182 Å². The van der Waals surface area contributed by atoms with E-state index in [9.17, 15) is 19.2 Å². The van der Waals surface area contributed by atoms with Gasteiger partial charge in [0.2, 0.25) is 5.43 Å². The zero-order valence-corrected chi connectivity index (χ0v) is 17.9. The quantitative estimate of drug-likeness (QED) is 0.339. The van der Waals surface area contributed by atoms with Crippen molar-refractivity contribution >= 4 is 29.1 Å². The summed E-state index contributed by atoms with van der Waals surface area (Å²) < 4.78 is 36.1. The number of fused-ring (bicyclic) bond motifs is 1. The van der Waals surface area contributed by atoms with E-state index in [0.717, 1.165) is 18.9 Å². The fraction of sp³-hybridized carbons (Fsp3) is 0.476. The van der Waals surface area contributed by atoms with Crippen molar-refractivity contribution in [1.29, 1.82) is 0 Å². The molecule has 0 spiro atoms. The van der Waals surface area contributed by atoms with Crippen LogP contribution in [0.15, 0.2) is 17.1 Å². The molecule has 0 N–H and O–H groups in total. The van der Waals surface area contributed by atoms with Crippen LogP contribution in [-0.4, -0.2) is 47.5 Å². The summed E-state index contributed by atoms with van der Waals surface area (Å²) in [4.78, 5) is 53.5. The molecule has 1 saturated carbocycles. The molecule has 0 unspecified atom stereocenters. The molecule has 0 bridgehead atoms. The van der Waals surface area contributed by atoms with Gasteiger partial charge in [-0.1, -0.05) is 0 Å². The fourth-order valence-corrected chi connectivity index (χ4v) is 3.15. The normalized spacial score (nSPS) is 13.2. The van der Waals surface area contributed by atoms with Gasteiger partial charge >= 0.3 is 18.1 Å². The van der Waals surface area contributed by atoms with Crippen LogP contribution in [0, 0.1) is 5.82 Å². The molecule has 1 aliphatic rings. The molecule has 11 heteroatoms. The van der Waals surface area contributed by atoms with Crippen LogP contribution in [0.3, 0.4) is 0 Å². The Balaban J connectivity index is 2.18. The third kappa shape index (κ3) is 4.71. The lowest BCUT2D eigenvalue weighted by atomic mass is 10.0. The molecule has 0 radical (unpaired) electrons. The lowest BCUT2D eigenvalue weighted by Crippen LogP contribution is -2.28. The monoisotopic (exact) mass is 450 g/mol. The molecule has 10 nitrogen and oxygen atoms in total. The number of nitrogens with zero attached hydrogens (tertiary/aromatic N) is 2. The van der Waals surface area contributed by atoms with E-state index in [2.05, 4.69) is 4.98 Å². The Bertz CT molecular complexity index is 1090. The average Bonchev–Trinajstić information content (AvgIpc) is 3.57. The lowest BCUT2D eigenvalue weighted by molar-refractivity contribution is -0.157. The molecule has 1 aliphatic carbocycles. The number of hydrogen-bond acceptors (Lipinski definition) is 9. The molecular formula is C21H23FN2O8. The van der Waals surface area contributed by atoms with Gasteiger partial charge in [0, 0.05) is 6.04 Å². The molecular weight excluding hydrogens is 427 g/mol. The predicted octanol–water partition coefficient (Wildman–Crippen LogP) is 2.62. The molecule has 0 saturated heterocycles. The van der Waals surface area contributed by atoms with Crippen LogP contribution in [0.25, 0.3) is 11.0 Å². The molecule has 2 aromatic heterocycles. The van der Waals surface area contributed by atoms with Crippen molar-refractivity contribution in [3.05, 3.63) is 34.0 Å². The predicted molar refractivity (Wildman–Crippen MR) is 108 cm³/mol. The molecule has 2 aromatic rings. The van der Waals surface area contributed by atoms with E-state index in [1.54, 1.807) is 25.3 Å². The minimum atomic E-state index is -1.75. The van der Waals surface area contributed by atoms with Gasteiger partial charge in [-0.2, -0.15) is 0 Å². The fourth-order valence-electron chi connectivity index (χ4n) is 3.15. The number of halogens is 1. The second-order valence-electron chi connectivity index (χ2n) is 6.91. The van der Waals surface area contributed by atoms with Crippen molar-refractivity contribution in [1.82, 2.24) is 9.55 Å². The van der Waals surface area contributed by atoms with Crippen LogP contribution < -0.4 is 10.2 Å². The van der Waals surface area contributed by atoms with Crippen molar-refractivity contribution in [2.24, 2.45) is 0 Å². The van der Waals surface area contributed by atoms with E-state index in [1.165, 1.54) is 6.20 Å². The Morgan fingerprint density at radius 2 is 1.69 bits per heavy atom. The van der Waals surface area contributed by atoms with Gasteiger partial charge in [-0.3, -0.25) is 14.4 Å². The second-order valence-corrected chi connectivity index (χ2v) is 6.91. The van der Waals surface area contributed by atoms with E-state index >= 15 is 4.39 Å². The van der Waals surface area contributed by atoms with Crippen LogP contribution in [-0.2, 0) is 23.8 Å². The molecule has 172 valence electrons. The van der Waals surface area contributed by atoms with Crippen molar-refractivity contribution < 1.29 is 37.7 Å². The maximum Gasteiger partial charge on any atom is 0.514 e. The molecule has 0 amide bonds. The largest absolute Gasteiger partial charge is 0.514 e. The van der Waals surface area contributed by atoms with Crippen LogP contribution >= 0.6 is 0 Å². The minimum absolute atomic E-state index is 0.0364. The Hall–Kier alpha value is -3.50. The topological polar surface area (TPSA) is 123 Å². The van der Waals surface area contributed by atoms with Crippen molar-refractivity contribution in [2.45, 2.75) is 45.6 Å². The van der Waals surface area contributed by atoms with Crippen LogP contribution in [0.4, 0.5) is 9.18 Å².